The Bertz CT molecular complexity index is 353. The fraction of sp³-hybridized carbons (Fsp3) is 0.500. The standard InChI is InChI=1S/C8H10F3N3O/c1-4(3-15)6-5(8(9,10)11)2-13-7(12)14-6/h2,4,15H,3H2,1H3,(H2,12,13,14). The highest BCUT2D eigenvalue weighted by molar-refractivity contribution is 5.29. The van der Waals surface area contributed by atoms with Crippen molar-refractivity contribution in [3.05, 3.63) is 17.5 Å². The molecule has 0 bridgehead atoms. The van der Waals surface area contributed by atoms with Crippen LogP contribution in [0.4, 0.5) is 19.1 Å². The topological polar surface area (TPSA) is 72.0 Å². The lowest BCUT2D eigenvalue weighted by Crippen LogP contribution is -2.16. The zero-order valence-electron chi connectivity index (χ0n) is 7.91. The van der Waals surface area contributed by atoms with E-state index in [-0.39, 0.29) is 11.6 Å². The van der Waals surface area contributed by atoms with E-state index in [1.807, 2.05) is 0 Å². The lowest BCUT2D eigenvalue weighted by Gasteiger charge is -2.15. The molecule has 1 aromatic rings. The molecule has 1 heterocycles. The van der Waals surface area contributed by atoms with Crippen LogP contribution in [0.2, 0.25) is 0 Å². The number of nitrogen functional groups attached to an aromatic ring is 1. The lowest BCUT2D eigenvalue weighted by molar-refractivity contribution is -0.139. The molecule has 0 saturated heterocycles. The van der Waals surface area contributed by atoms with Crippen LogP contribution in [-0.2, 0) is 6.18 Å². The maximum atomic E-state index is 12.5. The molecule has 0 amide bonds. The van der Waals surface area contributed by atoms with Crippen LogP contribution in [0.25, 0.3) is 0 Å². The summed E-state index contributed by atoms with van der Waals surface area (Å²) in [7, 11) is 0. The van der Waals surface area contributed by atoms with Gasteiger partial charge in [-0.2, -0.15) is 13.2 Å². The fourth-order valence-electron chi connectivity index (χ4n) is 1.09. The first kappa shape index (κ1) is 11.7. The third kappa shape index (κ3) is 2.56. The number of halogens is 3. The van der Waals surface area contributed by atoms with Gasteiger partial charge in [0.1, 0.15) is 0 Å². The smallest absolute Gasteiger partial charge is 0.396 e. The van der Waals surface area contributed by atoms with E-state index in [4.69, 9.17) is 10.8 Å². The second kappa shape index (κ2) is 4.01. The average molecular weight is 221 g/mol. The van der Waals surface area contributed by atoms with Crippen molar-refractivity contribution < 1.29 is 18.3 Å². The zero-order valence-corrected chi connectivity index (χ0v) is 7.91. The van der Waals surface area contributed by atoms with Crippen LogP contribution in [0.5, 0.6) is 0 Å². The zero-order chi connectivity index (χ0) is 11.6. The predicted molar refractivity (Wildman–Crippen MR) is 46.9 cm³/mol. The molecule has 0 fully saturated rings. The molecule has 84 valence electrons. The Labute approximate surface area is 84.0 Å². The summed E-state index contributed by atoms with van der Waals surface area (Å²) >= 11 is 0. The highest BCUT2D eigenvalue weighted by Gasteiger charge is 2.36. The number of rotatable bonds is 2. The van der Waals surface area contributed by atoms with Gasteiger partial charge in [-0.25, -0.2) is 9.97 Å². The molecule has 7 heteroatoms. The second-order valence-corrected chi connectivity index (χ2v) is 3.11. The van der Waals surface area contributed by atoms with Crippen LogP contribution in [0.15, 0.2) is 6.20 Å². The van der Waals surface area contributed by atoms with Gasteiger partial charge in [0.15, 0.2) is 0 Å². The minimum absolute atomic E-state index is 0.238. The highest BCUT2D eigenvalue weighted by atomic mass is 19.4. The van der Waals surface area contributed by atoms with Crippen LogP contribution in [0, 0.1) is 0 Å². The quantitative estimate of drug-likeness (QED) is 0.786. The maximum Gasteiger partial charge on any atom is 0.419 e. The Kier molecular flexibility index (Phi) is 3.13. The minimum atomic E-state index is -4.54. The van der Waals surface area contributed by atoms with Gasteiger partial charge in [0.2, 0.25) is 5.95 Å². The highest BCUT2D eigenvalue weighted by Crippen LogP contribution is 2.33. The Morgan fingerprint density at radius 2 is 2.13 bits per heavy atom. The van der Waals surface area contributed by atoms with Crippen molar-refractivity contribution in [2.24, 2.45) is 0 Å². The van der Waals surface area contributed by atoms with E-state index in [9.17, 15) is 13.2 Å². The normalized spacial score (nSPS) is 13.9. The molecule has 1 aromatic heterocycles. The fourth-order valence-corrected chi connectivity index (χ4v) is 1.09. The van der Waals surface area contributed by atoms with Gasteiger partial charge in [0, 0.05) is 12.1 Å². The average Bonchev–Trinajstić information content (AvgIpc) is 2.14. The Morgan fingerprint density at radius 1 is 1.53 bits per heavy atom. The largest absolute Gasteiger partial charge is 0.419 e. The summed E-state index contributed by atoms with van der Waals surface area (Å²) in [4.78, 5) is 6.78. The van der Waals surface area contributed by atoms with Crippen molar-refractivity contribution in [2.45, 2.75) is 19.0 Å². The van der Waals surface area contributed by atoms with E-state index in [1.165, 1.54) is 6.92 Å². The van der Waals surface area contributed by atoms with Gasteiger partial charge in [0.05, 0.1) is 17.9 Å². The van der Waals surface area contributed by atoms with E-state index >= 15 is 0 Å². The first-order valence-corrected chi connectivity index (χ1v) is 4.16. The van der Waals surface area contributed by atoms with E-state index in [0.29, 0.717) is 6.20 Å². The summed E-state index contributed by atoms with van der Waals surface area (Å²) in [5.41, 5.74) is 3.95. The Balaban J connectivity index is 3.27. The molecule has 0 aliphatic heterocycles. The molecule has 1 unspecified atom stereocenters. The van der Waals surface area contributed by atoms with Gasteiger partial charge in [0.25, 0.3) is 0 Å². The van der Waals surface area contributed by atoms with Crippen molar-refractivity contribution in [3.8, 4) is 0 Å². The first-order chi connectivity index (χ1) is 6.86. The van der Waals surface area contributed by atoms with Gasteiger partial charge in [-0.3, -0.25) is 0 Å². The summed E-state index contributed by atoms with van der Waals surface area (Å²) in [6.45, 7) is 0.997. The van der Waals surface area contributed by atoms with Crippen LogP contribution in [-0.4, -0.2) is 21.7 Å². The van der Waals surface area contributed by atoms with E-state index < -0.39 is 24.3 Å². The molecule has 3 N–H and O–H groups in total. The van der Waals surface area contributed by atoms with Crippen LogP contribution < -0.4 is 5.73 Å². The van der Waals surface area contributed by atoms with Gasteiger partial charge in [-0.05, 0) is 0 Å². The summed E-state index contributed by atoms with van der Waals surface area (Å²) in [6, 6.07) is 0. The molecule has 1 rings (SSSR count). The van der Waals surface area contributed by atoms with E-state index in [0.717, 1.165) is 0 Å². The first-order valence-electron chi connectivity index (χ1n) is 4.16. The minimum Gasteiger partial charge on any atom is -0.396 e. The molecule has 4 nitrogen and oxygen atoms in total. The summed E-state index contributed by atoms with van der Waals surface area (Å²) < 4.78 is 37.4. The number of alkyl halides is 3. The third-order valence-corrected chi connectivity index (χ3v) is 1.88. The Morgan fingerprint density at radius 3 is 2.60 bits per heavy atom. The number of aliphatic hydroxyl groups is 1. The maximum absolute atomic E-state index is 12.5. The number of nitrogens with two attached hydrogens (primary N) is 1. The SMILES string of the molecule is CC(CO)c1nc(N)ncc1C(F)(F)F. The number of hydrogen-bond acceptors (Lipinski definition) is 4. The molecule has 1 atom stereocenters. The molecule has 0 radical (unpaired) electrons. The van der Waals surface area contributed by atoms with Crippen LogP contribution >= 0.6 is 0 Å². The second-order valence-electron chi connectivity index (χ2n) is 3.11. The van der Waals surface area contributed by atoms with Gasteiger partial charge in [-0.1, -0.05) is 6.92 Å². The molecular weight excluding hydrogens is 211 g/mol. The molecule has 15 heavy (non-hydrogen) atoms. The van der Waals surface area contributed by atoms with Crippen LogP contribution in [0.1, 0.15) is 24.1 Å². The van der Waals surface area contributed by atoms with Gasteiger partial charge < -0.3 is 10.8 Å². The summed E-state index contributed by atoms with van der Waals surface area (Å²) in [6.07, 6.45) is -3.91. The van der Waals surface area contributed by atoms with E-state index in [2.05, 4.69) is 9.97 Å². The van der Waals surface area contributed by atoms with Crippen molar-refractivity contribution >= 4 is 5.95 Å². The van der Waals surface area contributed by atoms with Crippen molar-refractivity contribution in [3.63, 3.8) is 0 Å². The third-order valence-electron chi connectivity index (χ3n) is 1.88. The van der Waals surface area contributed by atoms with Gasteiger partial charge in [-0.15, -0.1) is 0 Å². The van der Waals surface area contributed by atoms with Crippen molar-refractivity contribution in [2.75, 3.05) is 12.3 Å². The van der Waals surface area contributed by atoms with Gasteiger partial charge >= 0.3 is 6.18 Å². The summed E-state index contributed by atoms with van der Waals surface area (Å²) in [5, 5.41) is 8.80. The number of anilines is 1. The number of hydrogen-bond donors (Lipinski definition) is 2. The van der Waals surface area contributed by atoms with Crippen LogP contribution in [0.3, 0.4) is 0 Å². The van der Waals surface area contributed by atoms with Crippen molar-refractivity contribution in [1.82, 2.24) is 9.97 Å². The number of nitrogens with zero attached hydrogens (tertiary/aromatic N) is 2. The lowest BCUT2D eigenvalue weighted by atomic mass is 10.0. The summed E-state index contributed by atoms with van der Waals surface area (Å²) in [5.74, 6) is -0.967. The Hall–Kier alpha value is -1.37. The monoisotopic (exact) mass is 221 g/mol. The molecule has 0 saturated carbocycles. The number of aromatic nitrogens is 2. The molecule has 0 spiro atoms. The molecule has 0 aliphatic rings. The van der Waals surface area contributed by atoms with E-state index in [1.54, 1.807) is 0 Å². The van der Waals surface area contributed by atoms with Crippen molar-refractivity contribution in [1.29, 1.82) is 0 Å². The predicted octanol–water partition coefficient (Wildman–Crippen LogP) is 1.17. The molecule has 0 aliphatic carbocycles. The molecular formula is C8H10F3N3O. The number of aliphatic hydroxyl groups excluding tert-OH is 1. The molecule has 0 aromatic carbocycles.